The van der Waals surface area contributed by atoms with Crippen LogP contribution in [0.2, 0.25) is 4.34 Å². The average molecular weight is 420 g/mol. The van der Waals surface area contributed by atoms with Gasteiger partial charge in [0.25, 0.3) is 5.91 Å². The first-order valence-electron chi connectivity index (χ1n) is 8.43. The zero-order valence-corrected chi connectivity index (χ0v) is 16.8. The van der Waals surface area contributed by atoms with Crippen LogP contribution in [0.15, 0.2) is 42.6 Å². The van der Waals surface area contributed by atoms with E-state index in [1.165, 1.54) is 16.2 Å². The van der Waals surface area contributed by atoms with E-state index in [4.69, 9.17) is 16.3 Å². The summed E-state index contributed by atoms with van der Waals surface area (Å²) in [5.41, 5.74) is 2.09. The minimum Gasteiger partial charge on any atom is -0.449 e. The van der Waals surface area contributed by atoms with Gasteiger partial charge in [0, 0.05) is 12.7 Å². The van der Waals surface area contributed by atoms with Crippen LogP contribution in [0, 0.1) is 0 Å². The quantitative estimate of drug-likeness (QED) is 0.660. The number of anilines is 1. The van der Waals surface area contributed by atoms with Crippen molar-refractivity contribution >= 4 is 40.6 Å². The first-order chi connectivity index (χ1) is 13.5. The second-order valence-corrected chi connectivity index (χ2v) is 7.43. The number of ether oxygens (including phenoxy) is 1. The standard InChI is InChI=1S/C18H18ClN5O3S/c1-3-27-18(26)23(2)13-4-6-14(7-5-13)24-11-12(21-22-24)10-20-17(25)15-8-9-16(19)28-15/h4-9,11H,3,10H2,1-2H3,(H,20,25). The predicted octanol–water partition coefficient (Wildman–Crippen LogP) is 3.50. The number of aromatic nitrogens is 3. The maximum absolute atomic E-state index is 12.1. The molecule has 28 heavy (non-hydrogen) atoms. The number of halogens is 1. The lowest BCUT2D eigenvalue weighted by atomic mass is 10.2. The number of hydrogen-bond acceptors (Lipinski definition) is 6. The summed E-state index contributed by atoms with van der Waals surface area (Å²) in [4.78, 5) is 25.8. The number of carbonyl (C=O) groups excluding carboxylic acids is 2. The molecule has 0 bridgehead atoms. The molecule has 8 nitrogen and oxygen atoms in total. The van der Waals surface area contributed by atoms with Crippen molar-refractivity contribution in [2.45, 2.75) is 13.5 Å². The molecule has 0 aliphatic carbocycles. The van der Waals surface area contributed by atoms with Crippen LogP contribution in [0.3, 0.4) is 0 Å². The molecule has 146 valence electrons. The van der Waals surface area contributed by atoms with Crippen LogP contribution < -0.4 is 10.2 Å². The molecule has 0 aliphatic rings. The third-order valence-corrected chi connectivity index (χ3v) is 5.04. The average Bonchev–Trinajstić information content (AvgIpc) is 3.35. The third kappa shape index (κ3) is 4.68. The van der Waals surface area contributed by atoms with Crippen molar-refractivity contribution < 1.29 is 14.3 Å². The Morgan fingerprint density at radius 3 is 2.64 bits per heavy atom. The van der Waals surface area contributed by atoms with Crippen molar-refractivity contribution in [3.8, 4) is 5.69 Å². The fourth-order valence-electron chi connectivity index (χ4n) is 2.35. The van der Waals surface area contributed by atoms with Crippen LogP contribution in [-0.2, 0) is 11.3 Å². The highest BCUT2D eigenvalue weighted by Gasteiger charge is 2.12. The van der Waals surface area contributed by atoms with E-state index < -0.39 is 6.09 Å². The van der Waals surface area contributed by atoms with Gasteiger partial charge in [-0.2, -0.15) is 0 Å². The van der Waals surface area contributed by atoms with Gasteiger partial charge in [-0.05, 0) is 43.3 Å². The maximum Gasteiger partial charge on any atom is 0.413 e. The van der Waals surface area contributed by atoms with E-state index in [-0.39, 0.29) is 12.5 Å². The molecule has 0 saturated carbocycles. The molecule has 0 radical (unpaired) electrons. The van der Waals surface area contributed by atoms with E-state index in [2.05, 4.69) is 15.6 Å². The van der Waals surface area contributed by atoms with Crippen LogP contribution in [0.25, 0.3) is 5.69 Å². The van der Waals surface area contributed by atoms with Gasteiger partial charge in [-0.25, -0.2) is 9.48 Å². The highest BCUT2D eigenvalue weighted by molar-refractivity contribution is 7.17. The normalized spacial score (nSPS) is 10.5. The molecule has 2 heterocycles. The highest BCUT2D eigenvalue weighted by atomic mass is 35.5. The zero-order chi connectivity index (χ0) is 20.1. The molecule has 2 aromatic heterocycles. The predicted molar refractivity (Wildman–Crippen MR) is 107 cm³/mol. The number of rotatable bonds is 6. The highest BCUT2D eigenvalue weighted by Crippen LogP contribution is 2.21. The summed E-state index contributed by atoms with van der Waals surface area (Å²) >= 11 is 7.06. The Morgan fingerprint density at radius 1 is 1.25 bits per heavy atom. The Balaban J connectivity index is 1.62. The molecule has 10 heteroatoms. The Hall–Kier alpha value is -2.91. The van der Waals surface area contributed by atoms with Gasteiger partial charge in [-0.1, -0.05) is 16.8 Å². The summed E-state index contributed by atoms with van der Waals surface area (Å²) in [5.74, 6) is -0.210. The molecule has 1 aromatic carbocycles. The van der Waals surface area contributed by atoms with Crippen LogP contribution >= 0.6 is 22.9 Å². The molecule has 3 rings (SSSR count). The van der Waals surface area contributed by atoms with Crippen LogP contribution in [0.5, 0.6) is 0 Å². The van der Waals surface area contributed by atoms with Crippen molar-refractivity contribution in [1.29, 1.82) is 0 Å². The minimum atomic E-state index is -0.416. The Bertz CT molecular complexity index is 970. The molecule has 0 spiro atoms. The van der Waals surface area contributed by atoms with Crippen LogP contribution in [0.1, 0.15) is 22.3 Å². The lowest BCUT2D eigenvalue weighted by Crippen LogP contribution is -2.26. The number of nitrogens with one attached hydrogen (secondary N) is 1. The van der Waals surface area contributed by atoms with E-state index in [0.29, 0.717) is 27.2 Å². The summed E-state index contributed by atoms with van der Waals surface area (Å²) in [7, 11) is 1.64. The van der Waals surface area contributed by atoms with Crippen molar-refractivity contribution in [3.05, 3.63) is 57.5 Å². The molecule has 0 fully saturated rings. The smallest absolute Gasteiger partial charge is 0.413 e. The number of hydrogen-bond donors (Lipinski definition) is 1. The van der Waals surface area contributed by atoms with Gasteiger partial charge in [-0.3, -0.25) is 9.69 Å². The Kier molecular flexibility index (Phi) is 6.27. The number of carbonyl (C=O) groups is 2. The van der Waals surface area contributed by atoms with Gasteiger partial charge in [0.1, 0.15) is 5.69 Å². The molecular formula is C18H18ClN5O3S. The molecular weight excluding hydrogens is 402 g/mol. The fourth-order valence-corrected chi connectivity index (χ4v) is 3.31. The number of nitrogens with zero attached hydrogens (tertiary/aromatic N) is 4. The van der Waals surface area contributed by atoms with E-state index in [9.17, 15) is 9.59 Å². The van der Waals surface area contributed by atoms with Crippen LogP contribution in [0.4, 0.5) is 10.5 Å². The van der Waals surface area contributed by atoms with E-state index >= 15 is 0 Å². The fraction of sp³-hybridized carbons (Fsp3) is 0.222. The van der Waals surface area contributed by atoms with Gasteiger partial charge >= 0.3 is 6.09 Å². The number of benzene rings is 1. The van der Waals surface area contributed by atoms with E-state index in [1.54, 1.807) is 49.1 Å². The largest absolute Gasteiger partial charge is 0.449 e. The summed E-state index contributed by atoms with van der Waals surface area (Å²) < 4.78 is 7.13. The second kappa shape index (κ2) is 8.85. The second-order valence-electron chi connectivity index (χ2n) is 5.72. The van der Waals surface area contributed by atoms with Gasteiger partial charge in [0.2, 0.25) is 0 Å². The van der Waals surface area contributed by atoms with Crippen molar-refractivity contribution in [2.75, 3.05) is 18.6 Å². The van der Waals surface area contributed by atoms with Crippen molar-refractivity contribution in [3.63, 3.8) is 0 Å². The van der Waals surface area contributed by atoms with Crippen molar-refractivity contribution in [2.24, 2.45) is 0 Å². The van der Waals surface area contributed by atoms with Crippen molar-refractivity contribution in [1.82, 2.24) is 20.3 Å². The summed E-state index contributed by atoms with van der Waals surface area (Å²) in [6, 6.07) is 10.6. The van der Waals surface area contributed by atoms with Gasteiger partial charge in [0.15, 0.2) is 0 Å². The summed E-state index contributed by atoms with van der Waals surface area (Å²) in [5, 5.41) is 10.9. The molecule has 3 aromatic rings. The third-order valence-electron chi connectivity index (χ3n) is 3.81. The van der Waals surface area contributed by atoms with E-state index in [0.717, 1.165) is 5.69 Å². The first-order valence-corrected chi connectivity index (χ1v) is 9.63. The Morgan fingerprint density at radius 2 is 2.00 bits per heavy atom. The topological polar surface area (TPSA) is 89.4 Å². The molecule has 1 N–H and O–H groups in total. The monoisotopic (exact) mass is 419 g/mol. The van der Waals surface area contributed by atoms with Gasteiger partial charge < -0.3 is 10.1 Å². The SMILES string of the molecule is CCOC(=O)N(C)c1ccc(-n2cc(CNC(=O)c3ccc(Cl)s3)nn2)cc1. The molecule has 0 saturated heterocycles. The summed E-state index contributed by atoms with van der Waals surface area (Å²) in [6.45, 7) is 2.33. The number of amides is 2. The lowest BCUT2D eigenvalue weighted by molar-refractivity contribution is 0.0954. The van der Waals surface area contributed by atoms with Crippen LogP contribution in [-0.4, -0.2) is 40.6 Å². The number of thiophene rings is 1. The zero-order valence-electron chi connectivity index (χ0n) is 15.3. The molecule has 0 atom stereocenters. The van der Waals surface area contributed by atoms with E-state index in [1.807, 2.05) is 12.1 Å². The van der Waals surface area contributed by atoms with Gasteiger partial charge in [-0.15, -0.1) is 16.4 Å². The van der Waals surface area contributed by atoms with Gasteiger partial charge in [0.05, 0.1) is 34.2 Å². The molecule has 0 unspecified atom stereocenters. The lowest BCUT2D eigenvalue weighted by Gasteiger charge is -2.16. The molecule has 2 amide bonds. The minimum absolute atomic E-state index is 0.210. The maximum atomic E-state index is 12.1. The molecule has 0 aliphatic heterocycles. The summed E-state index contributed by atoms with van der Waals surface area (Å²) in [6.07, 6.45) is 1.31. The Labute approximate surface area is 170 Å². The first kappa shape index (κ1) is 19.8.